The Bertz CT molecular complexity index is 2940. The van der Waals surface area contributed by atoms with Crippen LogP contribution in [0.25, 0.3) is 100 Å². The van der Waals surface area contributed by atoms with E-state index in [1.165, 1.54) is 27.6 Å². The number of aromatic nitrogens is 3. The summed E-state index contributed by atoms with van der Waals surface area (Å²) in [6.07, 6.45) is 0. The minimum absolute atomic E-state index is 0.588. The number of rotatable bonds is 6. The molecule has 0 N–H and O–H groups in total. The highest BCUT2D eigenvalue weighted by Gasteiger charge is 2.17. The third-order valence-electron chi connectivity index (χ3n) is 9.93. The third kappa shape index (κ3) is 5.63. The lowest BCUT2D eigenvalue weighted by Crippen LogP contribution is -2.00. The smallest absolute Gasteiger partial charge is 0.164 e. The van der Waals surface area contributed by atoms with Crippen LogP contribution in [0.4, 0.5) is 0 Å². The molecule has 0 spiro atoms. The zero-order valence-corrected chi connectivity index (χ0v) is 28.6. The van der Waals surface area contributed by atoms with E-state index >= 15 is 0 Å². The Morgan fingerprint density at radius 2 is 0.849 bits per heavy atom. The van der Waals surface area contributed by atoms with E-state index in [-0.39, 0.29) is 0 Å². The quantitative estimate of drug-likeness (QED) is 0.176. The third-order valence-corrected chi connectivity index (χ3v) is 9.93. The first kappa shape index (κ1) is 30.6. The van der Waals surface area contributed by atoms with Crippen LogP contribution in [0, 0.1) is 0 Å². The van der Waals surface area contributed by atoms with Crippen LogP contribution in [0.2, 0.25) is 0 Å². The van der Waals surface area contributed by atoms with Crippen LogP contribution in [0.3, 0.4) is 0 Å². The Labute approximate surface area is 306 Å². The molecule has 248 valence electrons. The van der Waals surface area contributed by atoms with Gasteiger partial charge in [-0.1, -0.05) is 158 Å². The Kier molecular flexibility index (Phi) is 7.43. The summed E-state index contributed by atoms with van der Waals surface area (Å²) < 4.78 is 6.55. The summed E-state index contributed by atoms with van der Waals surface area (Å²) in [4.78, 5) is 15.1. The van der Waals surface area contributed by atoms with Gasteiger partial charge in [-0.15, -0.1) is 0 Å². The fourth-order valence-corrected chi connectivity index (χ4v) is 7.34. The molecule has 0 aliphatic carbocycles. The molecule has 0 aliphatic heterocycles. The molecule has 0 fully saturated rings. The first-order valence-electron chi connectivity index (χ1n) is 17.8. The molecule has 0 saturated heterocycles. The molecule has 2 heterocycles. The van der Waals surface area contributed by atoms with E-state index in [2.05, 4.69) is 140 Å². The Morgan fingerprint density at radius 1 is 0.302 bits per heavy atom. The average molecular weight is 678 g/mol. The summed E-state index contributed by atoms with van der Waals surface area (Å²) in [7, 11) is 0. The second-order valence-electron chi connectivity index (χ2n) is 13.2. The van der Waals surface area contributed by atoms with Crippen LogP contribution in [0.1, 0.15) is 0 Å². The van der Waals surface area contributed by atoms with Crippen molar-refractivity contribution in [3.8, 4) is 67.5 Å². The topological polar surface area (TPSA) is 51.8 Å². The van der Waals surface area contributed by atoms with Gasteiger partial charge in [-0.05, 0) is 74.5 Å². The van der Waals surface area contributed by atoms with E-state index in [0.29, 0.717) is 17.5 Å². The lowest BCUT2D eigenvalue weighted by Gasteiger charge is -2.11. The van der Waals surface area contributed by atoms with Crippen LogP contribution in [0.15, 0.2) is 192 Å². The molecular formula is C49H31N3O. The number of hydrogen-bond acceptors (Lipinski definition) is 4. The van der Waals surface area contributed by atoms with Crippen molar-refractivity contribution in [2.24, 2.45) is 0 Å². The lowest BCUT2D eigenvalue weighted by atomic mass is 9.96. The van der Waals surface area contributed by atoms with Crippen molar-refractivity contribution in [1.29, 1.82) is 0 Å². The minimum Gasteiger partial charge on any atom is -0.456 e. The number of benzene rings is 8. The fourth-order valence-electron chi connectivity index (χ4n) is 7.34. The average Bonchev–Trinajstić information content (AvgIpc) is 3.62. The molecule has 2 aromatic heterocycles. The van der Waals surface area contributed by atoms with Gasteiger partial charge in [-0.3, -0.25) is 0 Å². The standard InChI is InChI=1S/C49H31N3O/c1-4-13-32(14-5-1)35-19-10-20-37(29-35)42-23-12-24-44-46(42)43-28-26-39(31-45(43)53-44)49-51-47(34-17-8-3-9-18-34)50-48(52-49)38-25-27-41-36(30-38)21-11-22-40(41)33-15-6-2-7-16-33/h1-31H. The van der Waals surface area contributed by atoms with E-state index < -0.39 is 0 Å². The first-order valence-corrected chi connectivity index (χ1v) is 17.8. The molecule has 4 heteroatoms. The van der Waals surface area contributed by atoms with Crippen molar-refractivity contribution in [1.82, 2.24) is 15.0 Å². The summed E-state index contributed by atoms with van der Waals surface area (Å²) in [5.41, 5.74) is 11.4. The SMILES string of the molecule is c1ccc(-c2cccc(-c3cccc4oc5cc(-c6nc(-c7ccccc7)nc(-c7ccc8c(-c9ccccc9)cccc8c7)n6)ccc5c34)c2)cc1. The van der Waals surface area contributed by atoms with Crippen LogP contribution >= 0.6 is 0 Å². The molecule has 0 radical (unpaired) electrons. The normalized spacial score (nSPS) is 11.4. The number of fused-ring (bicyclic) bond motifs is 4. The highest BCUT2D eigenvalue weighted by molar-refractivity contribution is 6.13. The molecule has 4 nitrogen and oxygen atoms in total. The zero-order chi connectivity index (χ0) is 35.1. The largest absolute Gasteiger partial charge is 0.456 e. The summed E-state index contributed by atoms with van der Waals surface area (Å²) in [5.74, 6) is 1.82. The maximum Gasteiger partial charge on any atom is 0.164 e. The Balaban J connectivity index is 1.09. The number of furan rings is 1. The maximum absolute atomic E-state index is 6.55. The van der Waals surface area contributed by atoms with Crippen LogP contribution < -0.4 is 0 Å². The van der Waals surface area contributed by atoms with E-state index in [9.17, 15) is 0 Å². The fraction of sp³-hybridized carbons (Fsp3) is 0. The lowest BCUT2D eigenvalue weighted by molar-refractivity contribution is 0.669. The second-order valence-corrected chi connectivity index (χ2v) is 13.2. The highest BCUT2D eigenvalue weighted by atomic mass is 16.3. The van der Waals surface area contributed by atoms with E-state index in [1.54, 1.807) is 0 Å². The predicted octanol–water partition coefficient (Wildman–Crippen LogP) is 12.9. The van der Waals surface area contributed by atoms with Gasteiger partial charge in [-0.2, -0.15) is 0 Å². The summed E-state index contributed by atoms with van der Waals surface area (Å²) in [6, 6.07) is 65.2. The minimum atomic E-state index is 0.588. The van der Waals surface area contributed by atoms with Gasteiger partial charge in [-0.25, -0.2) is 15.0 Å². The van der Waals surface area contributed by atoms with Crippen LogP contribution in [-0.2, 0) is 0 Å². The maximum atomic E-state index is 6.55. The van der Waals surface area contributed by atoms with Crippen molar-refractivity contribution < 1.29 is 4.42 Å². The van der Waals surface area contributed by atoms with Crippen LogP contribution in [-0.4, -0.2) is 15.0 Å². The summed E-state index contributed by atoms with van der Waals surface area (Å²) in [5, 5.41) is 4.44. The molecule has 53 heavy (non-hydrogen) atoms. The summed E-state index contributed by atoms with van der Waals surface area (Å²) in [6.45, 7) is 0. The zero-order valence-electron chi connectivity index (χ0n) is 28.6. The van der Waals surface area contributed by atoms with Gasteiger partial charge in [0, 0.05) is 27.5 Å². The molecule has 0 aliphatic rings. The Hall–Kier alpha value is -7.17. The van der Waals surface area contributed by atoms with E-state index in [4.69, 9.17) is 19.4 Å². The highest BCUT2D eigenvalue weighted by Crippen LogP contribution is 2.39. The molecule has 0 saturated carbocycles. The van der Waals surface area contributed by atoms with Crippen molar-refractivity contribution in [3.05, 3.63) is 188 Å². The molecule has 0 unspecified atom stereocenters. The Morgan fingerprint density at radius 3 is 1.58 bits per heavy atom. The van der Waals surface area contributed by atoms with Crippen molar-refractivity contribution in [3.63, 3.8) is 0 Å². The van der Waals surface area contributed by atoms with E-state index in [1.807, 2.05) is 48.5 Å². The van der Waals surface area contributed by atoms with Crippen molar-refractivity contribution in [2.45, 2.75) is 0 Å². The second kappa shape index (κ2) is 12.9. The van der Waals surface area contributed by atoms with Gasteiger partial charge in [0.15, 0.2) is 17.5 Å². The summed E-state index contributed by atoms with van der Waals surface area (Å²) >= 11 is 0. The van der Waals surface area contributed by atoms with Gasteiger partial charge < -0.3 is 4.42 Å². The van der Waals surface area contributed by atoms with E-state index in [0.717, 1.165) is 55.1 Å². The van der Waals surface area contributed by atoms with Gasteiger partial charge >= 0.3 is 0 Å². The number of hydrogen-bond donors (Lipinski definition) is 0. The molecule has 0 amide bonds. The van der Waals surface area contributed by atoms with Crippen molar-refractivity contribution >= 4 is 32.7 Å². The molecule has 10 aromatic rings. The van der Waals surface area contributed by atoms with Crippen molar-refractivity contribution in [2.75, 3.05) is 0 Å². The van der Waals surface area contributed by atoms with Gasteiger partial charge in [0.1, 0.15) is 11.2 Å². The predicted molar refractivity (Wildman–Crippen MR) is 217 cm³/mol. The van der Waals surface area contributed by atoms with Crippen LogP contribution in [0.5, 0.6) is 0 Å². The monoisotopic (exact) mass is 677 g/mol. The van der Waals surface area contributed by atoms with Gasteiger partial charge in [0.2, 0.25) is 0 Å². The molecular weight excluding hydrogens is 647 g/mol. The molecule has 0 bridgehead atoms. The molecule has 0 atom stereocenters. The van der Waals surface area contributed by atoms with Gasteiger partial charge in [0.05, 0.1) is 0 Å². The molecule has 10 rings (SSSR count). The number of nitrogens with zero attached hydrogens (tertiary/aromatic N) is 3. The van der Waals surface area contributed by atoms with Gasteiger partial charge in [0.25, 0.3) is 0 Å². The first-order chi connectivity index (χ1) is 26.2. The molecule has 8 aromatic carbocycles.